The lowest BCUT2D eigenvalue weighted by molar-refractivity contribution is -0.286. The van der Waals surface area contributed by atoms with Crippen LogP contribution in [0.5, 0.6) is 17.2 Å². The van der Waals surface area contributed by atoms with Gasteiger partial charge in [-0.3, -0.25) is 4.79 Å². The summed E-state index contributed by atoms with van der Waals surface area (Å²) in [7, 11) is 1.58. The smallest absolute Gasteiger partial charge is 0.497 e. The van der Waals surface area contributed by atoms with Crippen molar-refractivity contribution in [3.05, 3.63) is 72.3 Å². The van der Waals surface area contributed by atoms with E-state index in [0.29, 0.717) is 17.0 Å². The number of alkyl halides is 2. The van der Waals surface area contributed by atoms with E-state index in [9.17, 15) is 13.6 Å². The molecule has 0 unspecified atom stereocenters. The third-order valence-corrected chi connectivity index (χ3v) is 4.23. The maximum atomic E-state index is 13.2. The number of anilines is 1. The molecule has 0 saturated heterocycles. The fraction of sp³-hybridized carbons (Fsp3) is 0.0952. The van der Waals surface area contributed by atoms with Gasteiger partial charge in [0.05, 0.1) is 7.11 Å². The van der Waals surface area contributed by atoms with Gasteiger partial charge in [0.15, 0.2) is 11.5 Å². The molecule has 5 nitrogen and oxygen atoms in total. The van der Waals surface area contributed by atoms with Gasteiger partial charge in [0.1, 0.15) is 5.75 Å². The summed E-state index contributed by atoms with van der Waals surface area (Å²) in [5.74, 6) is 0.118. The number of rotatable bonds is 4. The van der Waals surface area contributed by atoms with Crippen LogP contribution in [0, 0.1) is 0 Å². The number of methoxy groups -OCH3 is 1. The molecule has 0 fully saturated rings. The summed E-state index contributed by atoms with van der Waals surface area (Å²) < 4.78 is 40.2. The highest BCUT2D eigenvalue weighted by molar-refractivity contribution is 6.08. The summed E-state index contributed by atoms with van der Waals surface area (Å²) in [6.07, 6.45) is -3.70. The van der Waals surface area contributed by atoms with Crippen molar-refractivity contribution >= 4 is 11.6 Å². The molecular formula is C21H15F2NO4. The molecule has 0 saturated carbocycles. The Morgan fingerprint density at radius 1 is 0.964 bits per heavy atom. The molecule has 1 N–H and O–H groups in total. The van der Waals surface area contributed by atoms with Crippen LogP contribution in [-0.4, -0.2) is 19.3 Å². The molecule has 0 aromatic heterocycles. The Balaban J connectivity index is 1.60. The number of carbonyl (C=O) groups excluding carboxylic acids is 1. The summed E-state index contributed by atoms with van der Waals surface area (Å²) >= 11 is 0. The molecule has 28 heavy (non-hydrogen) atoms. The Labute approximate surface area is 159 Å². The summed E-state index contributed by atoms with van der Waals surface area (Å²) in [6, 6.07) is 18.5. The highest BCUT2D eigenvalue weighted by Gasteiger charge is 2.43. The van der Waals surface area contributed by atoms with Crippen LogP contribution in [0.15, 0.2) is 66.7 Å². The number of fused-ring (bicyclic) bond motifs is 1. The van der Waals surface area contributed by atoms with Gasteiger partial charge in [0.2, 0.25) is 0 Å². The minimum atomic E-state index is -3.70. The van der Waals surface area contributed by atoms with Crippen molar-refractivity contribution in [3.8, 4) is 28.4 Å². The van der Waals surface area contributed by atoms with Crippen LogP contribution in [0.4, 0.5) is 14.5 Å². The number of nitrogens with one attached hydrogen (secondary N) is 1. The van der Waals surface area contributed by atoms with Gasteiger partial charge in [0, 0.05) is 17.3 Å². The minimum absolute atomic E-state index is 0.0818. The number of ether oxygens (including phenoxy) is 3. The second-order valence-corrected chi connectivity index (χ2v) is 6.06. The SMILES string of the molecule is COc1ccc(-c2ccccc2C(=O)Nc2ccc3c(c2)OC(F)(F)O3)cc1. The topological polar surface area (TPSA) is 56.8 Å². The zero-order valence-electron chi connectivity index (χ0n) is 14.7. The van der Waals surface area contributed by atoms with E-state index in [4.69, 9.17) is 4.74 Å². The van der Waals surface area contributed by atoms with E-state index in [2.05, 4.69) is 14.8 Å². The molecule has 0 radical (unpaired) electrons. The second kappa shape index (κ2) is 6.84. The van der Waals surface area contributed by atoms with Crippen molar-refractivity contribution in [2.45, 2.75) is 6.29 Å². The van der Waals surface area contributed by atoms with Gasteiger partial charge < -0.3 is 19.5 Å². The summed E-state index contributed by atoms with van der Waals surface area (Å²) in [5, 5.41) is 2.70. The number of benzene rings is 3. The predicted molar refractivity (Wildman–Crippen MR) is 99.0 cm³/mol. The molecule has 0 spiro atoms. The Bertz CT molecular complexity index is 1030. The molecule has 1 amide bonds. The van der Waals surface area contributed by atoms with Gasteiger partial charge >= 0.3 is 6.29 Å². The molecule has 3 aromatic rings. The van der Waals surface area contributed by atoms with E-state index < -0.39 is 6.29 Å². The number of hydrogen-bond donors (Lipinski definition) is 1. The van der Waals surface area contributed by atoms with E-state index in [1.54, 1.807) is 19.2 Å². The maximum absolute atomic E-state index is 13.2. The molecule has 7 heteroatoms. The Hall–Kier alpha value is -3.61. The quantitative estimate of drug-likeness (QED) is 0.694. The van der Waals surface area contributed by atoms with E-state index in [-0.39, 0.29) is 17.4 Å². The molecular weight excluding hydrogens is 368 g/mol. The molecule has 0 aliphatic carbocycles. The molecule has 3 aromatic carbocycles. The number of amides is 1. The normalized spacial score (nSPS) is 13.8. The van der Waals surface area contributed by atoms with E-state index in [1.807, 2.05) is 36.4 Å². The molecule has 1 heterocycles. The van der Waals surface area contributed by atoms with Crippen molar-refractivity contribution in [1.29, 1.82) is 0 Å². The van der Waals surface area contributed by atoms with Gasteiger partial charge in [-0.05, 0) is 41.5 Å². The first-order valence-corrected chi connectivity index (χ1v) is 8.40. The fourth-order valence-corrected chi connectivity index (χ4v) is 2.93. The van der Waals surface area contributed by atoms with Crippen molar-refractivity contribution in [1.82, 2.24) is 0 Å². The van der Waals surface area contributed by atoms with Gasteiger partial charge in [-0.1, -0.05) is 30.3 Å². The Morgan fingerprint density at radius 3 is 2.43 bits per heavy atom. The fourth-order valence-electron chi connectivity index (χ4n) is 2.93. The first kappa shape index (κ1) is 17.8. The summed E-state index contributed by atoms with van der Waals surface area (Å²) in [6.45, 7) is 0. The molecule has 1 aliphatic rings. The summed E-state index contributed by atoms with van der Waals surface area (Å²) in [4.78, 5) is 12.8. The van der Waals surface area contributed by atoms with Gasteiger partial charge in [0.25, 0.3) is 5.91 Å². The van der Waals surface area contributed by atoms with Crippen LogP contribution < -0.4 is 19.5 Å². The Morgan fingerprint density at radius 2 is 1.68 bits per heavy atom. The highest BCUT2D eigenvalue weighted by atomic mass is 19.3. The lowest BCUT2D eigenvalue weighted by atomic mass is 9.99. The molecule has 142 valence electrons. The molecule has 4 rings (SSSR count). The van der Waals surface area contributed by atoms with E-state index in [1.165, 1.54) is 18.2 Å². The number of halogens is 2. The first-order chi connectivity index (χ1) is 13.4. The zero-order valence-corrected chi connectivity index (χ0v) is 14.7. The van der Waals surface area contributed by atoms with Crippen LogP contribution >= 0.6 is 0 Å². The van der Waals surface area contributed by atoms with E-state index >= 15 is 0 Å². The largest absolute Gasteiger partial charge is 0.586 e. The third kappa shape index (κ3) is 3.46. The molecule has 0 bridgehead atoms. The standard InChI is InChI=1S/C21H15F2NO4/c1-26-15-9-6-13(7-10-15)16-4-2-3-5-17(16)20(25)24-14-8-11-18-19(12-14)28-21(22,23)27-18/h2-12H,1H3,(H,24,25). The number of hydrogen-bond acceptors (Lipinski definition) is 4. The first-order valence-electron chi connectivity index (χ1n) is 8.40. The summed E-state index contributed by atoms with van der Waals surface area (Å²) in [5.41, 5.74) is 2.33. The van der Waals surface area contributed by atoms with Gasteiger partial charge in [-0.25, -0.2) is 0 Å². The van der Waals surface area contributed by atoms with Crippen molar-refractivity contribution in [3.63, 3.8) is 0 Å². The average molecular weight is 383 g/mol. The molecule has 0 atom stereocenters. The van der Waals surface area contributed by atoms with Crippen LogP contribution in [-0.2, 0) is 0 Å². The van der Waals surface area contributed by atoms with E-state index in [0.717, 1.165) is 11.1 Å². The van der Waals surface area contributed by atoms with Crippen LogP contribution in [0.3, 0.4) is 0 Å². The second-order valence-electron chi connectivity index (χ2n) is 6.06. The Kier molecular flexibility index (Phi) is 4.35. The zero-order chi connectivity index (χ0) is 19.7. The predicted octanol–water partition coefficient (Wildman–Crippen LogP) is 4.94. The minimum Gasteiger partial charge on any atom is -0.497 e. The van der Waals surface area contributed by atoms with Crippen molar-refractivity contribution < 1.29 is 27.8 Å². The van der Waals surface area contributed by atoms with Gasteiger partial charge in [-0.15, -0.1) is 8.78 Å². The highest BCUT2D eigenvalue weighted by Crippen LogP contribution is 2.42. The van der Waals surface area contributed by atoms with Crippen molar-refractivity contribution in [2.24, 2.45) is 0 Å². The van der Waals surface area contributed by atoms with Crippen LogP contribution in [0.25, 0.3) is 11.1 Å². The van der Waals surface area contributed by atoms with Crippen molar-refractivity contribution in [2.75, 3.05) is 12.4 Å². The third-order valence-electron chi connectivity index (χ3n) is 4.23. The lowest BCUT2D eigenvalue weighted by Crippen LogP contribution is -2.25. The van der Waals surface area contributed by atoms with Crippen LogP contribution in [0.1, 0.15) is 10.4 Å². The number of carbonyl (C=O) groups is 1. The molecule has 1 aliphatic heterocycles. The average Bonchev–Trinajstić information content (AvgIpc) is 3.01. The van der Waals surface area contributed by atoms with Gasteiger partial charge in [-0.2, -0.15) is 0 Å². The lowest BCUT2D eigenvalue weighted by Gasteiger charge is -2.11. The van der Waals surface area contributed by atoms with Crippen LogP contribution in [0.2, 0.25) is 0 Å². The monoisotopic (exact) mass is 383 g/mol. The maximum Gasteiger partial charge on any atom is 0.586 e.